The molecule has 2 amide bonds. The summed E-state index contributed by atoms with van der Waals surface area (Å²) in [5.41, 5.74) is 9.53. The number of nitrogens with zero attached hydrogens (tertiary/aromatic N) is 1. The Hall–Kier alpha value is -3.58. The summed E-state index contributed by atoms with van der Waals surface area (Å²) in [4.78, 5) is 28.1. The molecule has 0 saturated carbocycles. The Morgan fingerprint density at radius 3 is 2.73 bits per heavy atom. The van der Waals surface area contributed by atoms with Gasteiger partial charge in [0.05, 0.1) is 19.7 Å². The number of methoxy groups -OCH3 is 1. The molecule has 172 valence electrons. The van der Waals surface area contributed by atoms with E-state index in [1.807, 2.05) is 54.6 Å². The monoisotopic (exact) mass is 446 g/mol. The van der Waals surface area contributed by atoms with Gasteiger partial charge in [-0.3, -0.25) is 9.59 Å². The Kier molecular flexibility index (Phi) is 6.51. The van der Waals surface area contributed by atoms with Gasteiger partial charge in [-0.05, 0) is 67.4 Å². The molecule has 4 rings (SSSR count). The zero-order chi connectivity index (χ0) is 23.5. The Balaban J connectivity index is 1.78. The van der Waals surface area contributed by atoms with Crippen LogP contribution in [0.3, 0.4) is 0 Å². The highest BCUT2D eigenvalue weighted by Gasteiger charge is 2.32. The molecule has 0 radical (unpaired) electrons. The van der Waals surface area contributed by atoms with Gasteiger partial charge in [-0.15, -0.1) is 0 Å². The summed E-state index contributed by atoms with van der Waals surface area (Å²) in [7, 11) is 3.34. The van der Waals surface area contributed by atoms with Gasteiger partial charge >= 0.3 is 0 Å². The molecule has 2 unspecified atom stereocenters. The molecule has 7 nitrogen and oxygen atoms in total. The van der Waals surface area contributed by atoms with E-state index in [9.17, 15) is 9.59 Å². The highest BCUT2D eigenvalue weighted by Crippen LogP contribution is 2.34. The summed E-state index contributed by atoms with van der Waals surface area (Å²) < 4.78 is 5.67. The summed E-state index contributed by atoms with van der Waals surface area (Å²) in [6, 6.07) is 16.5. The van der Waals surface area contributed by atoms with Crippen LogP contribution in [0, 0.1) is 0 Å². The fraction of sp³-hybridized carbons (Fsp3) is 0.308. The van der Waals surface area contributed by atoms with Crippen molar-refractivity contribution in [3.63, 3.8) is 0 Å². The molecule has 3 aromatic rings. The first kappa shape index (κ1) is 22.6. The molecule has 1 heterocycles. The lowest BCUT2D eigenvalue weighted by atomic mass is 10.0. The molecule has 0 saturated heterocycles. The van der Waals surface area contributed by atoms with E-state index in [1.54, 1.807) is 26.0 Å². The predicted octanol–water partition coefficient (Wildman–Crippen LogP) is 3.00. The minimum absolute atomic E-state index is 0.139. The van der Waals surface area contributed by atoms with Crippen LogP contribution < -0.4 is 26.0 Å². The van der Waals surface area contributed by atoms with Gasteiger partial charge in [0, 0.05) is 16.9 Å². The maximum absolute atomic E-state index is 13.8. The number of amides is 2. The van der Waals surface area contributed by atoms with Gasteiger partial charge in [-0.2, -0.15) is 0 Å². The van der Waals surface area contributed by atoms with Crippen LogP contribution in [0.15, 0.2) is 54.6 Å². The molecule has 1 aliphatic rings. The number of benzene rings is 3. The van der Waals surface area contributed by atoms with Crippen molar-refractivity contribution < 1.29 is 14.3 Å². The summed E-state index contributed by atoms with van der Waals surface area (Å²) in [6.07, 6.45) is 1.23. The van der Waals surface area contributed by atoms with Crippen molar-refractivity contribution in [3.8, 4) is 5.75 Å². The van der Waals surface area contributed by atoms with Crippen molar-refractivity contribution in [1.29, 1.82) is 0 Å². The van der Waals surface area contributed by atoms with Gasteiger partial charge in [0.2, 0.25) is 11.8 Å². The standard InChI is InChI=1S/C26H30N4O3/c1-16(28-2)25(31)29-22-12-9-18-6-4-5-7-23(18)30(26(22)32)15-21-20-14-19(27)11-8-17(20)10-13-24(21)33-3/h4-8,10-11,13-14,16,22,28H,9,12,15,27H2,1-3H3,(H,29,31). The van der Waals surface area contributed by atoms with Crippen LogP contribution >= 0.6 is 0 Å². The molecule has 1 aliphatic heterocycles. The zero-order valence-electron chi connectivity index (χ0n) is 19.2. The van der Waals surface area contributed by atoms with E-state index in [2.05, 4.69) is 10.6 Å². The van der Waals surface area contributed by atoms with E-state index in [4.69, 9.17) is 10.5 Å². The number of nitrogens with two attached hydrogens (primary N) is 1. The molecule has 3 aromatic carbocycles. The number of ether oxygens (including phenoxy) is 1. The van der Waals surface area contributed by atoms with Crippen LogP contribution in [0.1, 0.15) is 24.5 Å². The van der Waals surface area contributed by atoms with E-state index in [-0.39, 0.29) is 11.8 Å². The number of likely N-dealkylation sites (N-methyl/N-ethyl adjacent to an activating group) is 1. The quantitative estimate of drug-likeness (QED) is 0.506. The summed E-state index contributed by atoms with van der Waals surface area (Å²) in [5.74, 6) is 0.351. The molecule has 7 heteroatoms. The molecule has 4 N–H and O–H groups in total. The molecule has 0 aromatic heterocycles. The van der Waals surface area contributed by atoms with E-state index in [0.717, 1.165) is 27.6 Å². The van der Waals surface area contributed by atoms with Gasteiger partial charge in [-0.1, -0.05) is 30.3 Å². The molecule has 33 heavy (non-hydrogen) atoms. The highest BCUT2D eigenvalue weighted by molar-refractivity contribution is 6.01. The lowest BCUT2D eigenvalue weighted by molar-refractivity contribution is -0.128. The largest absolute Gasteiger partial charge is 0.496 e. The Morgan fingerprint density at radius 2 is 1.97 bits per heavy atom. The number of anilines is 2. The SMILES string of the molecule is CNC(C)C(=O)NC1CCc2ccccc2N(Cc2c(OC)ccc3ccc(N)cc23)C1=O. The van der Waals surface area contributed by atoms with Crippen LogP contribution in [0.25, 0.3) is 10.8 Å². The second-order valence-electron chi connectivity index (χ2n) is 8.39. The number of rotatable bonds is 6. The smallest absolute Gasteiger partial charge is 0.249 e. The van der Waals surface area contributed by atoms with E-state index in [0.29, 0.717) is 30.8 Å². The van der Waals surface area contributed by atoms with Crippen molar-refractivity contribution in [2.45, 2.75) is 38.4 Å². The van der Waals surface area contributed by atoms with Crippen LogP contribution in [0.4, 0.5) is 11.4 Å². The third kappa shape index (κ3) is 4.50. The molecular weight excluding hydrogens is 416 g/mol. The van der Waals surface area contributed by atoms with Gasteiger partial charge in [0.25, 0.3) is 0 Å². The molecule has 0 spiro atoms. The van der Waals surface area contributed by atoms with Gasteiger partial charge in [-0.25, -0.2) is 0 Å². The van der Waals surface area contributed by atoms with Crippen LogP contribution in [0.2, 0.25) is 0 Å². The molecule has 0 fully saturated rings. The highest BCUT2D eigenvalue weighted by atomic mass is 16.5. The number of hydrogen-bond donors (Lipinski definition) is 3. The topological polar surface area (TPSA) is 96.7 Å². The summed E-state index contributed by atoms with van der Waals surface area (Å²) in [6.45, 7) is 2.07. The number of nitrogen functional groups attached to an aromatic ring is 1. The number of hydrogen-bond acceptors (Lipinski definition) is 5. The number of fused-ring (bicyclic) bond motifs is 2. The number of carbonyl (C=O) groups excluding carboxylic acids is 2. The second kappa shape index (κ2) is 9.50. The van der Waals surface area contributed by atoms with Crippen molar-refractivity contribution in [1.82, 2.24) is 10.6 Å². The number of nitrogens with one attached hydrogen (secondary N) is 2. The third-order valence-corrected chi connectivity index (χ3v) is 6.34. The Morgan fingerprint density at radius 1 is 1.21 bits per heavy atom. The first-order valence-electron chi connectivity index (χ1n) is 11.1. The Labute approximate surface area is 193 Å². The first-order chi connectivity index (χ1) is 15.9. The van der Waals surface area contributed by atoms with Crippen LogP contribution in [0.5, 0.6) is 5.75 Å². The molecule has 0 aliphatic carbocycles. The number of aryl methyl sites for hydroxylation is 1. The summed E-state index contributed by atoms with van der Waals surface area (Å²) in [5, 5.41) is 7.82. The van der Waals surface area contributed by atoms with Crippen molar-refractivity contribution in [3.05, 3.63) is 65.7 Å². The molecule has 0 bridgehead atoms. The minimum Gasteiger partial charge on any atom is -0.496 e. The maximum Gasteiger partial charge on any atom is 0.249 e. The lowest BCUT2D eigenvalue weighted by Crippen LogP contribution is -2.52. The maximum atomic E-state index is 13.8. The molecule has 2 atom stereocenters. The fourth-order valence-corrected chi connectivity index (χ4v) is 4.33. The van der Waals surface area contributed by atoms with E-state index >= 15 is 0 Å². The second-order valence-corrected chi connectivity index (χ2v) is 8.39. The Bertz CT molecular complexity index is 1190. The zero-order valence-corrected chi connectivity index (χ0v) is 19.2. The van der Waals surface area contributed by atoms with E-state index in [1.165, 1.54) is 0 Å². The third-order valence-electron chi connectivity index (χ3n) is 6.34. The van der Waals surface area contributed by atoms with Gasteiger partial charge in [0.1, 0.15) is 11.8 Å². The average Bonchev–Trinajstić information content (AvgIpc) is 2.96. The molecular formula is C26H30N4O3. The van der Waals surface area contributed by atoms with E-state index < -0.39 is 12.1 Å². The number of carbonyl (C=O) groups is 2. The van der Waals surface area contributed by atoms with Crippen LogP contribution in [-0.2, 0) is 22.6 Å². The number of para-hydroxylation sites is 1. The lowest BCUT2D eigenvalue weighted by Gasteiger charge is -2.28. The predicted molar refractivity (Wildman–Crippen MR) is 131 cm³/mol. The summed E-state index contributed by atoms with van der Waals surface area (Å²) >= 11 is 0. The van der Waals surface area contributed by atoms with Gasteiger partial charge < -0.3 is 26.0 Å². The normalized spacial score (nSPS) is 16.8. The average molecular weight is 447 g/mol. The van der Waals surface area contributed by atoms with Crippen molar-refractivity contribution in [2.75, 3.05) is 24.8 Å². The minimum atomic E-state index is -0.619. The first-order valence-corrected chi connectivity index (χ1v) is 11.1. The van der Waals surface area contributed by atoms with Crippen molar-refractivity contribution >= 4 is 34.0 Å². The van der Waals surface area contributed by atoms with Crippen molar-refractivity contribution in [2.24, 2.45) is 0 Å². The van der Waals surface area contributed by atoms with Crippen LogP contribution in [-0.4, -0.2) is 38.1 Å². The fourth-order valence-electron chi connectivity index (χ4n) is 4.33. The van der Waals surface area contributed by atoms with Gasteiger partial charge in [0.15, 0.2) is 0 Å².